The molecule has 0 amide bonds. The van der Waals surface area contributed by atoms with Crippen molar-refractivity contribution in [3.63, 3.8) is 0 Å². The standard InChI is InChI=1S/C20H20O3S.Na.H/c1-14(2)16-9-6-10-18-17(11-15-7-4-3-5-8-15)13-20(19(18)12-16)24(21,22)23;;/h3-10,12-14H,11H2,1-2H3,(H,21,22,23);;. The monoisotopic (exact) mass is 364 g/mol. The summed E-state index contributed by atoms with van der Waals surface area (Å²) in [5.41, 5.74) is 4.47. The van der Waals surface area contributed by atoms with Crippen LogP contribution in [0.15, 0.2) is 65.6 Å². The summed E-state index contributed by atoms with van der Waals surface area (Å²) >= 11 is 0. The van der Waals surface area contributed by atoms with E-state index < -0.39 is 10.1 Å². The van der Waals surface area contributed by atoms with Crippen molar-refractivity contribution < 1.29 is 13.0 Å². The van der Waals surface area contributed by atoms with Crippen molar-refractivity contribution >= 4 is 39.7 Å². The van der Waals surface area contributed by atoms with Crippen molar-refractivity contribution in [2.24, 2.45) is 0 Å². The van der Waals surface area contributed by atoms with Crippen LogP contribution in [0.3, 0.4) is 0 Å². The zero-order valence-electron chi connectivity index (χ0n) is 13.7. The van der Waals surface area contributed by atoms with E-state index in [1.54, 1.807) is 6.07 Å². The Hall–Kier alpha value is -1.17. The van der Waals surface area contributed by atoms with Gasteiger partial charge in [-0.1, -0.05) is 62.4 Å². The SMILES string of the molecule is CC(C)c1cccc2c(Cc3ccccc3)cc(S(=O)(=O)O)c-2c1.[NaH]. The fourth-order valence-corrected chi connectivity index (χ4v) is 3.71. The number of benzene rings is 1. The van der Waals surface area contributed by atoms with E-state index >= 15 is 0 Å². The van der Waals surface area contributed by atoms with E-state index in [0.717, 1.165) is 22.3 Å². The van der Waals surface area contributed by atoms with Crippen molar-refractivity contribution in [2.75, 3.05) is 0 Å². The third-order valence-electron chi connectivity index (χ3n) is 4.25. The van der Waals surface area contributed by atoms with Gasteiger partial charge in [-0.05, 0) is 46.7 Å². The second-order valence-corrected chi connectivity index (χ2v) is 7.71. The molecule has 0 atom stereocenters. The Balaban J connectivity index is 0.00000225. The predicted molar refractivity (Wildman–Crippen MR) is 103 cm³/mol. The predicted octanol–water partition coefficient (Wildman–Crippen LogP) is 4.10. The average Bonchev–Trinajstić information content (AvgIpc) is 2.72. The summed E-state index contributed by atoms with van der Waals surface area (Å²) in [6.45, 7) is 4.12. The first-order valence-electron chi connectivity index (χ1n) is 7.93. The Morgan fingerprint density at radius 1 is 0.920 bits per heavy atom. The first kappa shape index (κ1) is 20.1. The topological polar surface area (TPSA) is 54.4 Å². The van der Waals surface area contributed by atoms with Gasteiger partial charge in [0, 0.05) is 5.56 Å². The van der Waals surface area contributed by atoms with E-state index in [-0.39, 0.29) is 40.4 Å². The van der Waals surface area contributed by atoms with Crippen LogP contribution in [0.2, 0.25) is 0 Å². The van der Waals surface area contributed by atoms with Crippen molar-refractivity contribution in [3.05, 3.63) is 77.4 Å². The van der Waals surface area contributed by atoms with E-state index in [2.05, 4.69) is 13.8 Å². The molecule has 0 aliphatic heterocycles. The molecule has 0 aromatic heterocycles. The van der Waals surface area contributed by atoms with Gasteiger partial charge in [0.2, 0.25) is 0 Å². The van der Waals surface area contributed by atoms with Crippen molar-refractivity contribution in [3.8, 4) is 11.1 Å². The molecule has 0 bridgehead atoms. The Bertz CT molecular complexity index is 934. The number of fused-ring (bicyclic) bond motifs is 1. The minimum absolute atomic E-state index is 0. The zero-order chi connectivity index (χ0) is 17.3. The van der Waals surface area contributed by atoms with E-state index in [9.17, 15) is 13.0 Å². The molecule has 0 fully saturated rings. The van der Waals surface area contributed by atoms with Crippen LogP contribution in [0.1, 0.15) is 36.5 Å². The van der Waals surface area contributed by atoms with Crippen molar-refractivity contribution in [1.82, 2.24) is 0 Å². The molecule has 0 saturated heterocycles. The Morgan fingerprint density at radius 3 is 2.20 bits per heavy atom. The van der Waals surface area contributed by atoms with Crippen LogP contribution in [0.25, 0.3) is 11.1 Å². The summed E-state index contributed by atoms with van der Waals surface area (Å²) < 4.78 is 33.4. The van der Waals surface area contributed by atoms with Crippen LogP contribution >= 0.6 is 0 Å². The molecule has 126 valence electrons. The van der Waals surface area contributed by atoms with Crippen LogP contribution in [-0.4, -0.2) is 42.5 Å². The van der Waals surface area contributed by atoms with Gasteiger partial charge in [-0.3, -0.25) is 4.55 Å². The third kappa shape index (κ3) is 4.52. The molecular formula is C20H21NaO3S. The molecule has 2 aliphatic rings. The van der Waals surface area contributed by atoms with E-state index in [4.69, 9.17) is 0 Å². The van der Waals surface area contributed by atoms with Gasteiger partial charge in [-0.25, -0.2) is 0 Å². The average molecular weight is 364 g/mol. The molecule has 0 unspecified atom stereocenters. The number of hydrogen-bond donors (Lipinski definition) is 1. The van der Waals surface area contributed by atoms with Crippen LogP contribution < -0.4 is 0 Å². The normalized spacial score (nSPS) is 11.5. The van der Waals surface area contributed by atoms with Crippen LogP contribution in [0, 0.1) is 0 Å². The fraction of sp³-hybridized carbons (Fsp3) is 0.200. The summed E-state index contributed by atoms with van der Waals surface area (Å²) in [4.78, 5) is -0.0125. The molecule has 25 heavy (non-hydrogen) atoms. The van der Waals surface area contributed by atoms with Gasteiger partial charge in [0.05, 0.1) is 0 Å². The molecule has 2 aliphatic carbocycles. The Kier molecular flexibility index (Phi) is 6.46. The maximum absolute atomic E-state index is 11.9. The van der Waals surface area contributed by atoms with Crippen molar-refractivity contribution in [2.45, 2.75) is 31.1 Å². The van der Waals surface area contributed by atoms with Crippen molar-refractivity contribution in [1.29, 1.82) is 0 Å². The van der Waals surface area contributed by atoms with Gasteiger partial charge in [-0.2, -0.15) is 8.42 Å². The third-order valence-corrected chi connectivity index (χ3v) is 5.15. The second kappa shape index (κ2) is 8.02. The zero-order valence-corrected chi connectivity index (χ0v) is 14.5. The summed E-state index contributed by atoms with van der Waals surface area (Å²) in [5.74, 6) is 0.266. The Morgan fingerprint density at radius 2 is 1.60 bits per heavy atom. The fourth-order valence-electron chi connectivity index (χ4n) is 2.97. The maximum atomic E-state index is 11.9. The quantitative estimate of drug-likeness (QED) is 0.560. The van der Waals surface area contributed by atoms with Gasteiger partial charge in [0.25, 0.3) is 10.1 Å². The minimum atomic E-state index is -4.27. The van der Waals surface area contributed by atoms with E-state index in [1.165, 1.54) is 0 Å². The molecule has 0 saturated carbocycles. The molecule has 0 radical (unpaired) electrons. The second-order valence-electron chi connectivity index (χ2n) is 6.32. The summed E-state index contributed by atoms with van der Waals surface area (Å²) in [7, 11) is -4.27. The molecule has 3 rings (SSSR count). The Labute approximate surface area is 171 Å². The van der Waals surface area contributed by atoms with Crippen LogP contribution in [0.4, 0.5) is 0 Å². The molecule has 0 heterocycles. The first-order chi connectivity index (χ1) is 11.4. The first-order valence-corrected chi connectivity index (χ1v) is 9.37. The van der Waals surface area contributed by atoms with Gasteiger partial charge in [-0.15, -0.1) is 0 Å². The molecule has 0 spiro atoms. The molecule has 1 N–H and O–H groups in total. The van der Waals surface area contributed by atoms with Crippen LogP contribution in [-0.2, 0) is 16.5 Å². The van der Waals surface area contributed by atoms with Gasteiger partial charge in [0.15, 0.2) is 0 Å². The summed E-state index contributed by atoms with van der Waals surface area (Å²) in [6.07, 6.45) is 0.619. The molecule has 5 heteroatoms. The van der Waals surface area contributed by atoms with E-state index in [0.29, 0.717) is 12.0 Å². The number of hydrogen-bond acceptors (Lipinski definition) is 2. The van der Waals surface area contributed by atoms with Crippen LogP contribution in [0.5, 0.6) is 0 Å². The van der Waals surface area contributed by atoms with Gasteiger partial charge in [0.1, 0.15) is 4.90 Å². The molecule has 1 aromatic rings. The summed E-state index contributed by atoms with van der Waals surface area (Å²) in [6, 6.07) is 19.2. The molecule has 3 nitrogen and oxygen atoms in total. The summed E-state index contributed by atoms with van der Waals surface area (Å²) in [5, 5.41) is 0. The van der Waals surface area contributed by atoms with Gasteiger partial charge >= 0.3 is 29.6 Å². The molecular weight excluding hydrogens is 343 g/mol. The number of rotatable bonds is 4. The van der Waals surface area contributed by atoms with E-state index in [1.807, 2.05) is 54.6 Å². The molecule has 1 aromatic carbocycles. The van der Waals surface area contributed by atoms with Gasteiger partial charge < -0.3 is 0 Å².